The number of carbonyl (C=O) groups is 1. The van der Waals surface area contributed by atoms with Crippen molar-refractivity contribution < 1.29 is 4.79 Å². The zero-order valence-electron chi connectivity index (χ0n) is 15.0. The lowest BCUT2D eigenvalue weighted by molar-refractivity contribution is 0.250. The van der Waals surface area contributed by atoms with Crippen molar-refractivity contribution in [2.24, 2.45) is 5.92 Å². The molecule has 0 saturated carbocycles. The van der Waals surface area contributed by atoms with Crippen LogP contribution in [0.25, 0.3) is 22.2 Å². The maximum Gasteiger partial charge on any atom is 0.319 e. The van der Waals surface area contributed by atoms with Crippen LogP contribution in [0, 0.1) is 5.92 Å². The molecule has 2 amide bonds. The second kappa shape index (κ2) is 7.22. The second-order valence-electron chi connectivity index (χ2n) is 7.04. The summed E-state index contributed by atoms with van der Waals surface area (Å²) in [5, 5.41) is 7.12. The quantitative estimate of drug-likeness (QED) is 0.669. The molecule has 1 saturated heterocycles. The number of amides is 2. The van der Waals surface area contributed by atoms with E-state index in [-0.39, 0.29) is 6.03 Å². The van der Waals surface area contributed by atoms with Crippen molar-refractivity contribution in [3.63, 3.8) is 0 Å². The number of nitrogens with one attached hydrogen (secondary N) is 3. The third-order valence-electron chi connectivity index (χ3n) is 5.05. The summed E-state index contributed by atoms with van der Waals surface area (Å²) in [5.41, 5.74) is 3.82. The Bertz CT molecular complexity index is 903. The van der Waals surface area contributed by atoms with Gasteiger partial charge in [-0.1, -0.05) is 48.5 Å². The van der Waals surface area contributed by atoms with Gasteiger partial charge in [0.25, 0.3) is 0 Å². The number of hydrogen-bond donors (Lipinski definition) is 3. The van der Waals surface area contributed by atoms with Gasteiger partial charge in [0.2, 0.25) is 0 Å². The molecule has 1 aromatic heterocycles. The van der Waals surface area contributed by atoms with Crippen molar-refractivity contribution >= 4 is 22.6 Å². The van der Waals surface area contributed by atoms with E-state index in [1.165, 1.54) is 0 Å². The van der Waals surface area contributed by atoms with Crippen LogP contribution in [0.2, 0.25) is 0 Å². The first-order valence-electron chi connectivity index (χ1n) is 9.10. The molecule has 0 radical (unpaired) electrons. The van der Waals surface area contributed by atoms with E-state index in [1.54, 1.807) is 0 Å². The van der Waals surface area contributed by atoms with Crippen LogP contribution < -0.4 is 10.6 Å². The van der Waals surface area contributed by atoms with Crippen LogP contribution in [-0.4, -0.2) is 42.6 Å². The number of carbonyl (C=O) groups excluding carboxylic acids is 1. The number of aromatic nitrogens is 1. The predicted molar refractivity (Wildman–Crippen MR) is 106 cm³/mol. The van der Waals surface area contributed by atoms with E-state index >= 15 is 0 Å². The highest BCUT2D eigenvalue weighted by Gasteiger charge is 2.20. The highest BCUT2D eigenvalue weighted by molar-refractivity contribution is 6.07. The van der Waals surface area contributed by atoms with Gasteiger partial charge in [-0.15, -0.1) is 0 Å². The standard InChI is InChI=1S/C21H24N4O/c1-25-12-11-15(14-25)13-22-21(26)24-20-17-9-5-6-10-18(17)23-19(20)16-7-3-2-4-8-16/h2-10,15,23H,11-14H2,1H3,(H2,22,24,26). The van der Waals surface area contributed by atoms with Crippen molar-refractivity contribution in [2.75, 3.05) is 32.0 Å². The Hall–Kier alpha value is -2.79. The van der Waals surface area contributed by atoms with Crippen molar-refractivity contribution in [3.8, 4) is 11.3 Å². The molecule has 1 unspecified atom stereocenters. The monoisotopic (exact) mass is 348 g/mol. The van der Waals surface area contributed by atoms with Crippen LogP contribution in [0.15, 0.2) is 54.6 Å². The molecule has 26 heavy (non-hydrogen) atoms. The fourth-order valence-corrected chi connectivity index (χ4v) is 3.68. The Labute approximate surface area is 153 Å². The molecule has 5 nitrogen and oxygen atoms in total. The van der Waals surface area contributed by atoms with Crippen molar-refractivity contribution in [2.45, 2.75) is 6.42 Å². The van der Waals surface area contributed by atoms with Gasteiger partial charge in [-0.05, 0) is 32.0 Å². The lowest BCUT2D eigenvalue weighted by Gasteiger charge is -2.13. The first kappa shape index (κ1) is 16.7. The molecule has 2 heterocycles. The van der Waals surface area contributed by atoms with Gasteiger partial charge >= 0.3 is 6.03 Å². The van der Waals surface area contributed by atoms with Crippen LogP contribution in [-0.2, 0) is 0 Å². The number of para-hydroxylation sites is 1. The average molecular weight is 348 g/mol. The summed E-state index contributed by atoms with van der Waals surface area (Å²) in [6.07, 6.45) is 1.14. The number of hydrogen-bond acceptors (Lipinski definition) is 2. The molecule has 0 aliphatic carbocycles. The molecule has 0 spiro atoms. The van der Waals surface area contributed by atoms with Gasteiger partial charge < -0.3 is 20.5 Å². The number of H-pyrrole nitrogens is 1. The summed E-state index contributed by atoms with van der Waals surface area (Å²) in [4.78, 5) is 18.3. The highest BCUT2D eigenvalue weighted by Crippen LogP contribution is 2.34. The molecule has 134 valence electrons. The molecular weight excluding hydrogens is 324 g/mol. The molecule has 0 bridgehead atoms. The average Bonchev–Trinajstić information content (AvgIpc) is 3.25. The molecule has 3 aromatic rings. The molecule has 1 aliphatic rings. The van der Waals surface area contributed by atoms with Crippen molar-refractivity contribution in [1.82, 2.24) is 15.2 Å². The molecule has 5 heteroatoms. The normalized spacial score (nSPS) is 17.5. The summed E-state index contributed by atoms with van der Waals surface area (Å²) in [7, 11) is 2.12. The molecule has 1 atom stereocenters. The van der Waals surface area contributed by atoms with Crippen molar-refractivity contribution in [3.05, 3.63) is 54.6 Å². The van der Waals surface area contributed by atoms with Crippen LogP contribution in [0.5, 0.6) is 0 Å². The minimum atomic E-state index is -0.151. The van der Waals surface area contributed by atoms with Gasteiger partial charge in [0, 0.05) is 29.6 Å². The number of anilines is 1. The van der Waals surface area contributed by atoms with Gasteiger partial charge in [0.15, 0.2) is 0 Å². The van der Waals surface area contributed by atoms with Crippen LogP contribution in [0.1, 0.15) is 6.42 Å². The van der Waals surface area contributed by atoms with Crippen LogP contribution in [0.4, 0.5) is 10.5 Å². The number of nitrogens with zero attached hydrogens (tertiary/aromatic N) is 1. The Morgan fingerprint density at radius 1 is 1.15 bits per heavy atom. The maximum atomic E-state index is 12.5. The Morgan fingerprint density at radius 3 is 2.69 bits per heavy atom. The maximum absolute atomic E-state index is 12.5. The van der Waals surface area contributed by atoms with Crippen molar-refractivity contribution in [1.29, 1.82) is 0 Å². The number of aromatic amines is 1. The van der Waals surface area contributed by atoms with Gasteiger partial charge in [0.05, 0.1) is 11.4 Å². The second-order valence-corrected chi connectivity index (χ2v) is 7.04. The molecule has 3 N–H and O–H groups in total. The Balaban J connectivity index is 1.56. The smallest absolute Gasteiger partial charge is 0.319 e. The number of fused-ring (bicyclic) bond motifs is 1. The van der Waals surface area contributed by atoms with Gasteiger partial charge in [-0.3, -0.25) is 0 Å². The van der Waals surface area contributed by atoms with E-state index in [0.29, 0.717) is 12.5 Å². The third-order valence-corrected chi connectivity index (χ3v) is 5.05. The van der Waals surface area contributed by atoms with E-state index in [4.69, 9.17) is 0 Å². The largest absolute Gasteiger partial charge is 0.353 e. The Morgan fingerprint density at radius 2 is 1.92 bits per heavy atom. The number of rotatable bonds is 4. The summed E-state index contributed by atoms with van der Waals surface area (Å²) in [6.45, 7) is 2.86. The van der Waals surface area contributed by atoms with Gasteiger partial charge in [0.1, 0.15) is 0 Å². The van der Waals surface area contributed by atoms with E-state index < -0.39 is 0 Å². The van der Waals surface area contributed by atoms with Crippen LogP contribution >= 0.6 is 0 Å². The molecule has 1 aliphatic heterocycles. The van der Waals surface area contributed by atoms with E-state index in [9.17, 15) is 4.79 Å². The fraction of sp³-hybridized carbons (Fsp3) is 0.286. The lowest BCUT2D eigenvalue weighted by atomic mass is 10.1. The third kappa shape index (κ3) is 3.44. The zero-order chi connectivity index (χ0) is 17.9. The fourth-order valence-electron chi connectivity index (χ4n) is 3.68. The van der Waals surface area contributed by atoms with E-state index in [1.807, 2.05) is 54.6 Å². The molecule has 4 rings (SSSR count). The minimum Gasteiger partial charge on any atom is -0.353 e. The number of benzene rings is 2. The van der Waals surface area contributed by atoms with Gasteiger partial charge in [-0.25, -0.2) is 4.79 Å². The summed E-state index contributed by atoms with van der Waals surface area (Å²) in [5.74, 6) is 0.530. The van der Waals surface area contributed by atoms with Crippen LogP contribution in [0.3, 0.4) is 0 Å². The summed E-state index contributed by atoms with van der Waals surface area (Å²) in [6, 6.07) is 18.0. The SMILES string of the molecule is CN1CCC(CNC(=O)Nc2c(-c3ccccc3)[nH]c3ccccc23)C1. The molecular formula is C21H24N4O. The predicted octanol–water partition coefficient (Wildman–Crippen LogP) is 3.91. The lowest BCUT2D eigenvalue weighted by Crippen LogP contribution is -2.33. The topological polar surface area (TPSA) is 60.2 Å². The first-order chi connectivity index (χ1) is 12.7. The summed E-state index contributed by atoms with van der Waals surface area (Å²) < 4.78 is 0. The minimum absolute atomic E-state index is 0.151. The first-order valence-corrected chi connectivity index (χ1v) is 9.10. The number of likely N-dealkylation sites (tertiary alicyclic amines) is 1. The molecule has 2 aromatic carbocycles. The molecule has 1 fully saturated rings. The highest BCUT2D eigenvalue weighted by atomic mass is 16.2. The zero-order valence-corrected chi connectivity index (χ0v) is 15.0. The Kier molecular flexibility index (Phi) is 4.63. The number of urea groups is 1. The van der Waals surface area contributed by atoms with E-state index in [0.717, 1.165) is 47.4 Å². The van der Waals surface area contributed by atoms with Gasteiger partial charge in [-0.2, -0.15) is 0 Å². The van der Waals surface area contributed by atoms with E-state index in [2.05, 4.69) is 27.6 Å². The summed E-state index contributed by atoms with van der Waals surface area (Å²) >= 11 is 0.